The molecule has 0 radical (unpaired) electrons. The van der Waals surface area contributed by atoms with Gasteiger partial charge in [-0.05, 0) is 54.0 Å². The Labute approximate surface area is 169 Å². The van der Waals surface area contributed by atoms with Gasteiger partial charge in [0.2, 0.25) is 0 Å². The predicted octanol–water partition coefficient (Wildman–Crippen LogP) is 5.93. The van der Waals surface area contributed by atoms with Crippen molar-refractivity contribution in [3.05, 3.63) is 53.3 Å². The lowest BCUT2D eigenvalue weighted by Crippen LogP contribution is -2.29. The lowest BCUT2D eigenvalue weighted by molar-refractivity contribution is -0.0579. The predicted molar refractivity (Wildman–Crippen MR) is 112 cm³/mol. The van der Waals surface area contributed by atoms with Gasteiger partial charge in [0.25, 0.3) is 0 Å². The molecule has 0 bridgehead atoms. The minimum Gasteiger partial charge on any atom is -0.328 e. The molecule has 3 heterocycles. The van der Waals surface area contributed by atoms with E-state index < -0.39 is 11.9 Å². The maximum absolute atomic E-state index is 12.8. The molecule has 0 spiro atoms. The molecule has 2 aromatic rings. The summed E-state index contributed by atoms with van der Waals surface area (Å²) in [6.45, 7) is 1.93. The van der Waals surface area contributed by atoms with Gasteiger partial charge in [-0.3, -0.25) is 4.99 Å². The van der Waals surface area contributed by atoms with E-state index in [2.05, 4.69) is 22.1 Å². The van der Waals surface area contributed by atoms with E-state index in [1.54, 1.807) is 16.2 Å². The Kier molecular flexibility index (Phi) is 5.33. The second kappa shape index (κ2) is 7.75. The first-order chi connectivity index (χ1) is 13.4. The van der Waals surface area contributed by atoms with Gasteiger partial charge in [-0.2, -0.15) is 24.9 Å². The number of thiazole rings is 1. The molecule has 1 aromatic carbocycles. The number of aryl methyl sites for hydroxylation is 1. The maximum atomic E-state index is 12.8. The molecule has 0 N–H and O–H groups in total. The highest BCUT2D eigenvalue weighted by Crippen LogP contribution is 2.35. The van der Waals surface area contributed by atoms with E-state index in [0.717, 1.165) is 50.7 Å². The van der Waals surface area contributed by atoms with Gasteiger partial charge in [-0.25, -0.2) is 4.98 Å². The van der Waals surface area contributed by atoms with Crippen molar-refractivity contribution in [2.45, 2.75) is 19.5 Å². The van der Waals surface area contributed by atoms with E-state index in [1.165, 1.54) is 11.8 Å². The van der Waals surface area contributed by atoms with E-state index in [-0.39, 0.29) is 6.67 Å². The second-order valence-corrected chi connectivity index (χ2v) is 8.79. The fourth-order valence-corrected chi connectivity index (χ4v) is 4.93. The van der Waals surface area contributed by atoms with Crippen molar-refractivity contribution in [1.29, 1.82) is 0 Å². The third-order valence-corrected chi connectivity index (χ3v) is 6.54. The van der Waals surface area contributed by atoms with Crippen LogP contribution in [0.25, 0.3) is 16.0 Å². The molecule has 2 aliphatic heterocycles. The molecular formula is C20H18F3N3S2. The van der Waals surface area contributed by atoms with Crippen LogP contribution < -0.4 is 4.90 Å². The molecule has 3 nitrogen and oxygen atoms in total. The molecule has 0 unspecified atom stereocenters. The number of alkyl halides is 3. The van der Waals surface area contributed by atoms with Crippen molar-refractivity contribution in [1.82, 2.24) is 4.98 Å². The van der Waals surface area contributed by atoms with Crippen molar-refractivity contribution in [2.24, 2.45) is 4.99 Å². The maximum Gasteiger partial charge on any atom is 0.433 e. The Hall–Kier alpha value is -2.06. The average molecular weight is 422 g/mol. The van der Waals surface area contributed by atoms with Crippen molar-refractivity contribution in [2.75, 3.05) is 23.1 Å². The SMILES string of the molecule is Cc1cc(-c2cnc(C3=CCSCC3)s2)cc(N2C=CC(C(F)(F)F)=NC2)c1. The molecule has 0 atom stereocenters. The minimum absolute atomic E-state index is 0.0489. The van der Waals surface area contributed by atoms with Crippen LogP contribution in [0.5, 0.6) is 0 Å². The molecule has 0 saturated heterocycles. The summed E-state index contributed by atoms with van der Waals surface area (Å²) < 4.78 is 38.3. The normalized spacial score (nSPS) is 17.5. The van der Waals surface area contributed by atoms with Gasteiger partial charge in [-0.1, -0.05) is 12.1 Å². The molecule has 0 aliphatic carbocycles. The fraction of sp³-hybridized carbons (Fsp3) is 0.300. The Morgan fingerprint density at radius 3 is 2.71 bits per heavy atom. The van der Waals surface area contributed by atoms with E-state index in [9.17, 15) is 13.2 Å². The quantitative estimate of drug-likeness (QED) is 0.615. The van der Waals surface area contributed by atoms with Crippen LogP contribution in [0.2, 0.25) is 0 Å². The molecule has 0 fully saturated rings. The number of benzene rings is 1. The second-order valence-electron chi connectivity index (χ2n) is 6.61. The zero-order chi connectivity index (χ0) is 19.7. The summed E-state index contributed by atoms with van der Waals surface area (Å²) in [6, 6.07) is 6.00. The van der Waals surface area contributed by atoms with Gasteiger partial charge in [0.05, 0.1) is 4.88 Å². The van der Waals surface area contributed by atoms with Crippen molar-refractivity contribution in [3.8, 4) is 10.4 Å². The zero-order valence-corrected chi connectivity index (χ0v) is 16.8. The molecule has 4 rings (SSSR count). The number of halogens is 3. The van der Waals surface area contributed by atoms with Crippen molar-refractivity contribution in [3.63, 3.8) is 0 Å². The van der Waals surface area contributed by atoms with Crippen LogP contribution in [0.15, 0.2) is 47.7 Å². The van der Waals surface area contributed by atoms with E-state index in [0.29, 0.717) is 0 Å². The smallest absolute Gasteiger partial charge is 0.328 e. The van der Waals surface area contributed by atoms with Gasteiger partial charge in [0, 0.05) is 23.8 Å². The Morgan fingerprint density at radius 1 is 1.18 bits per heavy atom. The number of anilines is 1. The third-order valence-electron chi connectivity index (χ3n) is 4.52. The molecule has 0 saturated carbocycles. The highest BCUT2D eigenvalue weighted by Gasteiger charge is 2.35. The first kappa shape index (κ1) is 19.3. The summed E-state index contributed by atoms with van der Waals surface area (Å²) in [5.41, 5.74) is 3.33. The highest BCUT2D eigenvalue weighted by molar-refractivity contribution is 7.99. The first-order valence-corrected chi connectivity index (χ1v) is 10.8. The Morgan fingerprint density at radius 2 is 2.04 bits per heavy atom. The number of allylic oxidation sites excluding steroid dienone is 2. The molecule has 28 heavy (non-hydrogen) atoms. The lowest BCUT2D eigenvalue weighted by Gasteiger charge is -2.23. The molecule has 146 valence electrons. The summed E-state index contributed by atoms with van der Waals surface area (Å²) in [6.07, 6.45) is 3.21. The number of hydrogen-bond donors (Lipinski definition) is 0. The monoisotopic (exact) mass is 421 g/mol. The Bertz CT molecular complexity index is 973. The van der Waals surface area contributed by atoms with E-state index in [1.807, 2.05) is 37.0 Å². The molecule has 8 heteroatoms. The van der Waals surface area contributed by atoms with Gasteiger partial charge < -0.3 is 4.90 Å². The number of hydrogen-bond acceptors (Lipinski definition) is 5. The minimum atomic E-state index is -4.41. The van der Waals surface area contributed by atoms with Crippen molar-refractivity contribution < 1.29 is 13.2 Å². The third kappa shape index (κ3) is 4.17. The van der Waals surface area contributed by atoms with E-state index >= 15 is 0 Å². The number of aliphatic imine (C=N–C) groups is 1. The molecular weight excluding hydrogens is 403 g/mol. The summed E-state index contributed by atoms with van der Waals surface area (Å²) in [7, 11) is 0. The molecule has 1 aromatic heterocycles. The summed E-state index contributed by atoms with van der Waals surface area (Å²) >= 11 is 3.58. The van der Waals surface area contributed by atoms with Gasteiger partial charge in [-0.15, -0.1) is 11.3 Å². The highest BCUT2D eigenvalue weighted by atomic mass is 32.2. The molecule has 0 amide bonds. The number of rotatable bonds is 3. The summed E-state index contributed by atoms with van der Waals surface area (Å²) in [4.78, 5) is 11.0. The number of aromatic nitrogens is 1. The van der Waals surface area contributed by atoms with Gasteiger partial charge in [0.15, 0.2) is 0 Å². The van der Waals surface area contributed by atoms with Crippen LogP contribution >= 0.6 is 23.1 Å². The number of thioether (sulfide) groups is 1. The standard InChI is InChI=1S/C20H18F3N3S2/c1-13-8-15(17-11-24-19(28-17)14-3-6-27-7-4-14)10-16(9-13)26-5-2-18(25-12-26)20(21,22)23/h2-3,5,8-11H,4,6-7,12H2,1H3. The van der Waals surface area contributed by atoms with Crippen LogP contribution in [0, 0.1) is 6.92 Å². The largest absolute Gasteiger partial charge is 0.433 e. The van der Waals surface area contributed by atoms with Crippen molar-refractivity contribution >= 4 is 40.1 Å². The zero-order valence-electron chi connectivity index (χ0n) is 15.2. The Balaban J connectivity index is 1.59. The first-order valence-electron chi connectivity index (χ1n) is 8.82. The van der Waals surface area contributed by atoms with Gasteiger partial charge >= 0.3 is 6.18 Å². The average Bonchev–Trinajstić information content (AvgIpc) is 3.18. The lowest BCUT2D eigenvalue weighted by atomic mass is 10.1. The fourth-order valence-electron chi connectivity index (χ4n) is 3.11. The van der Waals surface area contributed by atoms with Crippen LogP contribution in [0.3, 0.4) is 0 Å². The summed E-state index contributed by atoms with van der Waals surface area (Å²) in [5, 5.41) is 1.05. The summed E-state index contributed by atoms with van der Waals surface area (Å²) in [5.74, 6) is 2.15. The van der Waals surface area contributed by atoms with E-state index in [4.69, 9.17) is 0 Å². The van der Waals surface area contributed by atoms with Crippen LogP contribution in [0.4, 0.5) is 18.9 Å². The molecule has 2 aliphatic rings. The number of nitrogens with zero attached hydrogens (tertiary/aromatic N) is 3. The van der Waals surface area contributed by atoms with Crippen LogP contribution in [0.1, 0.15) is 17.0 Å². The van der Waals surface area contributed by atoms with Gasteiger partial charge in [0.1, 0.15) is 17.4 Å². The topological polar surface area (TPSA) is 28.5 Å². The van der Waals surface area contributed by atoms with Crippen LogP contribution in [-0.2, 0) is 0 Å². The van der Waals surface area contributed by atoms with Crippen LogP contribution in [-0.4, -0.2) is 35.0 Å².